The maximum Gasteiger partial charge on any atom is 0.155 e. The molecule has 1 heterocycles. The van der Waals surface area contributed by atoms with E-state index in [4.69, 9.17) is 23.2 Å². The molecule has 0 saturated heterocycles. The van der Waals surface area contributed by atoms with Gasteiger partial charge in [-0.25, -0.2) is 0 Å². The van der Waals surface area contributed by atoms with Gasteiger partial charge in [-0.1, -0.05) is 37.0 Å². The molecule has 0 aliphatic heterocycles. The first-order valence-electron chi connectivity index (χ1n) is 4.23. The molecule has 2 nitrogen and oxygen atoms in total. The van der Waals surface area contributed by atoms with Gasteiger partial charge in [-0.3, -0.25) is 0 Å². The Kier molecular flexibility index (Phi) is 2.00. The lowest BCUT2D eigenvalue weighted by molar-refractivity contribution is 0.521. The van der Waals surface area contributed by atoms with Crippen LogP contribution in [-0.2, 0) is 11.8 Å². The molecule has 1 aromatic heterocycles. The van der Waals surface area contributed by atoms with Crippen molar-refractivity contribution in [2.75, 3.05) is 0 Å². The van der Waals surface area contributed by atoms with Crippen molar-refractivity contribution in [2.24, 2.45) is 0 Å². The lowest BCUT2D eigenvalue weighted by Gasteiger charge is -2.18. The summed E-state index contributed by atoms with van der Waals surface area (Å²) >= 11 is 11.9. The highest BCUT2D eigenvalue weighted by molar-refractivity contribution is 6.32. The Bertz CT molecular complexity index is 361. The maximum atomic E-state index is 5.99. The van der Waals surface area contributed by atoms with Crippen LogP contribution < -0.4 is 0 Å². The van der Waals surface area contributed by atoms with Crippen LogP contribution in [0.1, 0.15) is 31.4 Å². The molecule has 1 aliphatic carbocycles. The van der Waals surface area contributed by atoms with Gasteiger partial charge in [0.1, 0.15) is 0 Å². The number of nitrogens with zero attached hydrogens (tertiary/aromatic N) is 2. The van der Waals surface area contributed by atoms with Crippen LogP contribution in [-0.4, -0.2) is 10.2 Å². The summed E-state index contributed by atoms with van der Waals surface area (Å²) in [6, 6.07) is 0. The average molecular weight is 217 g/mol. The van der Waals surface area contributed by atoms with Gasteiger partial charge in [0.05, 0.1) is 0 Å². The summed E-state index contributed by atoms with van der Waals surface area (Å²) in [5.74, 6) is 0. The molecule has 0 radical (unpaired) electrons. The number of aromatic nitrogens is 2. The molecule has 0 atom stereocenters. The largest absolute Gasteiger partial charge is 0.155 e. The SMILES string of the molecule is CC1(C)CCc2c(Cl)nnc(Cl)c21. The molecule has 1 aliphatic rings. The molecule has 0 unspecified atom stereocenters. The Balaban J connectivity index is 2.70. The van der Waals surface area contributed by atoms with Crippen molar-refractivity contribution in [3.63, 3.8) is 0 Å². The van der Waals surface area contributed by atoms with Crippen LogP contribution >= 0.6 is 23.2 Å². The van der Waals surface area contributed by atoms with E-state index in [9.17, 15) is 0 Å². The molecule has 70 valence electrons. The summed E-state index contributed by atoms with van der Waals surface area (Å²) in [7, 11) is 0. The van der Waals surface area contributed by atoms with Crippen LogP contribution in [0.25, 0.3) is 0 Å². The third-order valence-electron chi connectivity index (χ3n) is 2.66. The summed E-state index contributed by atoms with van der Waals surface area (Å²) in [5, 5.41) is 8.64. The Hall–Kier alpha value is -0.340. The highest BCUT2D eigenvalue weighted by Crippen LogP contribution is 2.43. The first kappa shape index (κ1) is 9.22. The molecule has 13 heavy (non-hydrogen) atoms. The standard InChI is InChI=1S/C9H10Cl2N2/c1-9(2)4-3-5-6(9)8(11)13-12-7(5)10/h3-4H2,1-2H3. The molecule has 0 aromatic carbocycles. The first-order chi connectivity index (χ1) is 6.02. The Morgan fingerprint density at radius 1 is 1.15 bits per heavy atom. The van der Waals surface area contributed by atoms with Crippen molar-refractivity contribution in [3.05, 3.63) is 21.4 Å². The van der Waals surface area contributed by atoms with Crippen LogP contribution in [0.4, 0.5) is 0 Å². The number of hydrogen-bond donors (Lipinski definition) is 0. The average Bonchev–Trinajstić information content (AvgIpc) is 2.36. The van der Waals surface area contributed by atoms with Crippen molar-refractivity contribution >= 4 is 23.2 Å². The second-order valence-electron chi connectivity index (χ2n) is 4.02. The third-order valence-corrected chi connectivity index (χ3v) is 3.23. The monoisotopic (exact) mass is 216 g/mol. The summed E-state index contributed by atoms with van der Waals surface area (Å²) in [5.41, 5.74) is 2.24. The molecule has 0 fully saturated rings. The molecule has 0 N–H and O–H groups in total. The van der Waals surface area contributed by atoms with Crippen molar-refractivity contribution in [3.8, 4) is 0 Å². The number of rotatable bonds is 0. The fourth-order valence-corrected chi connectivity index (χ4v) is 2.54. The van der Waals surface area contributed by atoms with Gasteiger partial charge in [-0.2, -0.15) is 0 Å². The first-order valence-corrected chi connectivity index (χ1v) is 4.99. The van der Waals surface area contributed by atoms with Crippen LogP contribution in [0.2, 0.25) is 10.3 Å². The molecule has 0 spiro atoms. The predicted molar refractivity (Wildman–Crippen MR) is 53.4 cm³/mol. The van der Waals surface area contributed by atoms with E-state index in [1.807, 2.05) is 0 Å². The van der Waals surface area contributed by atoms with Crippen LogP contribution in [0.15, 0.2) is 0 Å². The minimum atomic E-state index is 0.0893. The van der Waals surface area contributed by atoms with E-state index in [0.717, 1.165) is 24.0 Å². The van der Waals surface area contributed by atoms with Gasteiger partial charge in [0, 0.05) is 5.56 Å². The zero-order valence-corrected chi connectivity index (χ0v) is 9.08. The maximum absolute atomic E-state index is 5.99. The zero-order valence-electron chi connectivity index (χ0n) is 7.56. The zero-order chi connectivity index (χ0) is 9.64. The van der Waals surface area contributed by atoms with E-state index in [-0.39, 0.29) is 5.41 Å². The summed E-state index contributed by atoms with van der Waals surface area (Å²) in [6.07, 6.45) is 2.02. The molecule has 0 saturated carbocycles. The number of fused-ring (bicyclic) bond motifs is 1. The van der Waals surface area contributed by atoms with E-state index in [1.54, 1.807) is 0 Å². The topological polar surface area (TPSA) is 25.8 Å². The van der Waals surface area contributed by atoms with Crippen molar-refractivity contribution in [1.29, 1.82) is 0 Å². The third kappa shape index (κ3) is 1.32. The normalized spacial score (nSPS) is 18.8. The number of halogens is 2. The smallest absolute Gasteiger partial charge is 0.137 e. The minimum absolute atomic E-state index is 0.0893. The van der Waals surface area contributed by atoms with Gasteiger partial charge < -0.3 is 0 Å². The Morgan fingerprint density at radius 2 is 1.77 bits per heavy atom. The summed E-state index contributed by atoms with van der Waals surface area (Å²) in [4.78, 5) is 0. The predicted octanol–water partition coefficient (Wildman–Crippen LogP) is 3.01. The lowest BCUT2D eigenvalue weighted by atomic mass is 9.88. The van der Waals surface area contributed by atoms with Gasteiger partial charge in [0.25, 0.3) is 0 Å². The van der Waals surface area contributed by atoms with Crippen molar-refractivity contribution in [1.82, 2.24) is 10.2 Å². The Labute approximate surface area is 87.3 Å². The fraction of sp³-hybridized carbons (Fsp3) is 0.556. The van der Waals surface area contributed by atoms with Gasteiger partial charge in [-0.15, -0.1) is 10.2 Å². The van der Waals surface area contributed by atoms with Crippen molar-refractivity contribution in [2.45, 2.75) is 32.1 Å². The van der Waals surface area contributed by atoms with Crippen LogP contribution in [0.3, 0.4) is 0 Å². The summed E-state index contributed by atoms with van der Waals surface area (Å²) in [6.45, 7) is 4.31. The van der Waals surface area contributed by atoms with Gasteiger partial charge in [0.2, 0.25) is 0 Å². The van der Waals surface area contributed by atoms with E-state index < -0.39 is 0 Å². The van der Waals surface area contributed by atoms with Gasteiger partial charge in [0.15, 0.2) is 10.3 Å². The number of hydrogen-bond acceptors (Lipinski definition) is 2. The molecular formula is C9H10Cl2N2. The van der Waals surface area contributed by atoms with Gasteiger partial charge >= 0.3 is 0 Å². The van der Waals surface area contributed by atoms with E-state index in [1.165, 1.54) is 0 Å². The van der Waals surface area contributed by atoms with Crippen LogP contribution in [0.5, 0.6) is 0 Å². The fourth-order valence-electron chi connectivity index (χ4n) is 1.90. The quantitative estimate of drug-likeness (QED) is 0.667. The molecule has 0 amide bonds. The highest BCUT2D eigenvalue weighted by atomic mass is 35.5. The van der Waals surface area contributed by atoms with Gasteiger partial charge in [-0.05, 0) is 23.8 Å². The van der Waals surface area contributed by atoms with E-state index in [0.29, 0.717) is 10.3 Å². The molecule has 0 bridgehead atoms. The molecular weight excluding hydrogens is 207 g/mol. The highest BCUT2D eigenvalue weighted by Gasteiger charge is 2.34. The molecule has 2 rings (SSSR count). The molecule has 1 aromatic rings. The van der Waals surface area contributed by atoms with Crippen molar-refractivity contribution < 1.29 is 0 Å². The second-order valence-corrected chi connectivity index (χ2v) is 4.74. The second kappa shape index (κ2) is 2.82. The molecule has 4 heteroatoms. The summed E-state index contributed by atoms with van der Waals surface area (Å²) < 4.78 is 0. The minimum Gasteiger partial charge on any atom is -0.137 e. The Morgan fingerprint density at radius 3 is 2.38 bits per heavy atom. The van der Waals surface area contributed by atoms with E-state index in [2.05, 4.69) is 24.0 Å². The van der Waals surface area contributed by atoms with Crippen LogP contribution in [0, 0.1) is 0 Å². The lowest BCUT2D eigenvalue weighted by Crippen LogP contribution is -2.13. The van der Waals surface area contributed by atoms with E-state index >= 15 is 0 Å².